The van der Waals surface area contributed by atoms with Gasteiger partial charge in [-0.25, -0.2) is 4.79 Å². The van der Waals surface area contributed by atoms with Crippen LogP contribution in [-0.4, -0.2) is 30.0 Å². The van der Waals surface area contributed by atoms with Crippen molar-refractivity contribution >= 4 is 23.0 Å². The third-order valence-electron chi connectivity index (χ3n) is 3.08. The number of thioether (sulfide) groups is 1. The normalized spacial score (nSPS) is 21.6. The Hall–Kier alpha value is -0.710. The maximum atomic E-state index is 11.5. The summed E-state index contributed by atoms with van der Waals surface area (Å²) >= 11 is 1.61. The summed E-state index contributed by atoms with van der Waals surface area (Å²) in [4.78, 5) is 15.7. The van der Waals surface area contributed by atoms with E-state index >= 15 is 0 Å². The molecular weight excluding hydrogens is 222 g/mol. The Labute approximate surface area is 101 Å². The van der Waals surface area contributed by atoms with Crippen molar-refractivity contribution in [2.45, 2.75) is 32.1 Å². The predicted octanol–water partition coefficient (Wildman–Crippen LogP) is 1.97. The molecular formula is C11H19N3OS. The average Bonchev–Trinajstić information content (AvgIpc) is 2.81. The van der Waals surface area contributed by atoms with E-state index in [4.69, 9.17) is 0 Å². The monoisotopic (exact) mass is 241 g/mol. The van der Waals surface area contributed by atoms with Crippen LogP contribution < -0.4 is 10.6 Å². The number of nitrogens with zero attached hydrogens (tertiary/aromatic N) is 1. The molecule has 90 valence electrons. The van der Waals surface area contributed by atoms with E-state index in [0.717, 1.165) is 24.0 Å². The number of amidine groups is 1. The zero-order chi connectivity index (χ0) is 11.2. The van der Waals surface area contributed by atoms with Crippen LogP contribution in [0.2, 0.25) is 0 Å². The number of hydrogen-bond donors (Lipinski definition) is 2. The lowest BCUT2D eigenvalue weighted by atomic mass is 9.89. The maximum Gasteiger partial charge on any atom is 0.320 e. The standard InChI is InChI=1S/C11H19N3OS/c15-10(14-11-12-6-7-16-11)13-8-9-4-2-1-3-5-9/h9H,1-8H2,(H2,12,13,14,15). The van der Waals surface area contributed by atoms with Gasteiger partial charge in [-0.3, -0.25) is 10.3 Å². The van der Waals surface area contributed by atoms with Crippen LogP contribution in [0.3, 0.4) is 0 Å². The maximum absolute atomic E-state index is 11.5. The van der Waals surface area contributed by atoms with Crippen LogP contribution in [0.15, 0.2) is 4.99 Å². The second-order valence-corrected chi connectivity index (χ2v) is 5.46. The summed E-state index contributed by atoms with van der Waals surface area (Å²) in [6, 6.07) is -0.0984. The van der Waals surface area contributed by atoms with Crippen molar-refractivity contribution in [3.8, 4) is 0 Å². The quantitative estimate of drug-likeness (QED) is 0.776. The van der Waals surface area contributed by atoms with Crippen molar-refractivity contribution in [3.05, 3.63) is 0 Å². The van der Waals surface area contributed by atoms with Crippen LogP contribution in [0.25, 0.3) is 0 Å². The van der Waals surface area contributed by atoms with Gasteiger partial charge in [0.15, 0.2) is 5.17 Å². The van der Waals surface area contributed by atoms with E-state index in [-0.39, 0.29) is 6.03 Å². The van der Waals surface area contributed by atoms with Crippen molar-refractivity contribution in [2.75, 3.05) is 18.8 Å². The van der Waals surface area contributed by atoms with Gasteiger partial charge in [-0.1, -0.05) is 31.0 Å². The fourth-order valence-electron chi connectivity index (χ4n) is 2.18. The first-order valence-corrected chi connectivity index (χ1v) is 7.05. The summed E-state index contributed by atoms with van der Waals surface area (Å²) in [5.74, 6) is 1.66. The number of carbonyl (C=O) groups is 1. The molecule has 0 bridgehead atoms. The van der Waals surface area contributed by atoms with Crippen molar-refractivity contribution in [1.29, 1.82) is 0 Å². The van der Waals surface area contributed by atoms with Gasteiger partial charge in [0.05, 0.1) is 6.54 Å². The zero-order valence-electron chi connectivity index (χ0n) is 9.50. The van der Waals surface area contributed by atoms with Crippen LogP contribution in [0.5, 0.6) is 0 Å². The molecule has 2 amide bonds. The summed E-state index contributed by atoms with van der Waals surface area (Å²) in [7, 11) is 0. The Morgan fingerprint density at radius 3 is 2.88 bits per heavy atom. The van der Waals surface area contributed by atoms with Gasteiger partial charge in [-0.15, -0.1) is 0 Å². The molecule has 1 saturated carbocycles. The van der Waals surface area contributed by atoms with E-state index in [1.165, 1.54) is 32.1 Å². The van der Waals surface area contributed by atoms with Gasteiger partial charge in [0.25, 0.3) is 0 Å². The number of nitrogens with one attached hydrogen (secondary N) is 2. The van der Waals surface area contributed by atoms with Crippen LogP contribution in [-0.2, 0) is 0 Å². The highest BCUT2D eigenvalue weighted by Crippen LogP contribution is 2.22. The molecule has 0 atom stereocenters. The molecule has 1 heterocycles. The van der Waals surface area contributed by atoms with E-state index in [1.807, 2.05) is 0 Å². The third-order valence-corrected chi connectivity index (χ3v) is 3.97. The molecule has 1 aliphatic heterocycles. The van der Waals surface area contributed by atoms with Gasteiger partial charge in [0.1, 0.15) is 0 Å². The Morgan fingerprint density at radius 2 is 2.19 bits per heavy atom. The second-order valence-electron chi connectivity index (χ2n) is 4.37. The third kappa shape index (κ3) is 3.70. The molecule has 4 nitrogen and oxygen atoms in total. The number of aliphatic imine (C=N–C) groups is 1. The first-order valence-electron chi connectivity index (χ1n) is 6.07. The van der Waals surface area contributed by atoms with E-state index < -0.39 is 0 Å². The first kappa shape index (κ1) is 11.8. The van der Waals surface area contributed by atoms with Crippen LogP contribution in [0.1, 0.15) is 32.1 Å². The first-order chi connectivity index (χ1) is 7.84. The fraction of sp³-hybridized carbons (Fsp3) is 0.818. The fourth-order valence-corrected chi connectivity index (χ4v) is 2.90. The minimum atomic E-state index is -0.0984. The highest BCUT2D eigenvalue weighted by atomic mass is 32.2. The van der Waals surface area contributed by atoms with Crippen molar-refractivity contribution in [1.82, 2.24) is 10.6 Å². The Bertz CT molecular complexity index is 274. The smallest absolute Gasteiger partial charge is 0.320 e. The largest absolute Gasteiger partial charge is 0.338 e. The minimum Gasteiger partial charge on any atom is -0.338 e. The summed E-state index contributed by atoms with van der Waals surface area (Å²) in [5, 5.41) is 6.48. The molecule has 0 spiro atoms. The van der Waals surface area contributed by atoms with Crippen molar-refractivity contribution < 1.29 is 4.79 Å². The molecule has 2 rings (SSSR count). The second kappa shape index (κ2) is 6.13. The number of amides is 2. The minimum absolute atomic E-state index is 0.0984. The molecule has 1 aliphatic carbocycles. The number of carbonyl (C=O) groups excluding carboxylic acids is 1. The van der Waals surface area contributed by atoms with E-state index in [2.05, 4.69) is 15.6 Å². The lowest BCUT2D eigenvalue weighted by Gasteiger charge is -2.21. The highest BCUT2D eigenvalue weighted by Gasteiger charge is 2.15. The van der Waals surface area contributed by atoms with Gasteiger partial charge in [-0.2, -0.15) is 0 Å². The molecule has 5 heteroatoms. The zero-order valence-corrected chi connectivity index (χ0v) is 10.3. The van der Waals surface area contributed by atoms with Crippen LogP contribution in [0, 0.1) is 5.92 Å². The van der Waals surface area contributed by atoms with E-state index in [9.17, 15) is 4.79 Å². The van der Waals surface area contributed by atoms with E-state index in [1.54, 1.807) is 11.8 Å². The summed E-state index contributed by atoms with van der Waals surface area (Å²) in [6.07, 6.45) is 6.51. The number of hydrogen-bond acceptors (Lipinski definition) is 3. The number of urea groups is 1. The Morgan fingerprint density at radius 1 is 1.38 bits per heavy atom. The van der Waals surface area contributed by atoms with Crippen molar-refractivity contribution in [3.63, 3.8) is 0 Å². The molecule has 0 aromatic carbocycles. The predicted molar refractivity (Wildman–Crippen MR) is 67.9 cm³/mol. The molecule has 0 saturated heterocycles. The topological polar surface area (TPSA) is 53.5 Å². The highest BCUT2D eigenvalue weighted by molar-refractivity contribution is 8.14. The molecule has 0 radical (unpaired) electrons. The van der Waals surface area contributed by atoms with Crippen LogP contribution in [0.4, 0.5) is 4.79 Å². The molecule has 16 heavy (non-hydrogen) atoms. The van der Waals surface area contributed by atoms with Crippen molar-refractivity contribution in [2.24, 2.45) is 10.9 Å². The van der Waals surface area contributed by atoms with E-state index in [0.29, 0.717) is 5.92 Å². The molecule has 0 aromatic heterocycles. The molecule has 2 aliphatic rings. The Kier molecular flexibility index (Phi) is 4.51. The van der Waals surface area contributed by atoms with Gasteiger partial charge < -0.3 is 5.32 Å². The molecule has 0 aromatic rings. The summed E-state index contributed by atoms with van der Waals surface area (Å²) < 4.78 is 0. The van der Waals surface area contributed by atoms with Gasteiger partial charge in [0, 0.05) is 12.3 Å². The van der Waals surface area contributed by atoms with Gasteiger partial charge >= 0.3 is 6.03 Å². The van der Waals surface area contributed by atoms with Gasteiger partial charge in [-0.05, 0) is 18.8 Å². The molecule has 2 N–H and O–H groups in total. The Balaban J connectivity index is 1.63. The van der Waals surface area contributed by atoms with Gasteiger partial charge in [0.2, 0.25) is 0 Å². The summed E-state index contributed by atoms with van der Waals surface area (Å²) in [5.41, 5.74) is 0. The number of rotatable bonds is 2. The molecule has 1 fully saturated rings. The average molecular weight is 241 g/mol. The summed E-state index contributed by atoms with van der Waals surface area (Å²) in [6.45, 7) is 1.63. The van der Waals surface area contributed by atoms with Crippen LogP contribution >= 0.6 is 11.8 Å². The lowest BCUT2D eigenvalue weighted by Crippen LogP contribution is -2.40. The lowest BCUT2D eigenvalue weighted by molar-refractivity contribution is 0.240. The molecule has 0 unspecified atom stereocenters. The SMILES string of the molecule is O=C(NCC1CCCCC1)NC1=NCCS1.